The molecule has 0 N–H and O–H groups in total. The first-order valence-corrected chi connectivity index (χ1v) is 18.9. The number of ether oxygens (including phenoxy) is 3. The smallest absolute Gasteiger partial charge is 0.324 e. The van der Waals surface area contributed by atoms with Crippen LogP contribution in [0.2, 0.25) is 20.5 Å². The molecule has 0 aromatic heterocycles. The van der Waals surface area contributed by atoms with Crippen molar-refractivity contribution in [1.82, 2.24) is 0 Å². The molecule has 0 saturated carbocycles. The number of para-hydroxylation sites is 2. The van der Waals surface area contributed by atoms with Gasteiger partial charge in [0.15, 0.2) is 0 Å². The average molecular weight is 807 g/mol. The molecule has 300 valence electrons. The summed E-state index contributed by atoms with van der Waals surface area (Å²) in [7, 11) is 0. The minimum atomic E-state index is -0.451. The summed E-state index contributed by atoms with van der Waals surface area (Å²) in [6.07, 6.45) is 0. The molecule has 0 spiro atoms. The highest BCUT2D eigenvalue weighted by molar-refractivity contribution is 6.68. The van der Waals surface area contributed by atoms with Crippen molar-refractivity contribution in [2.24, 2.45) is 0 Å². The lowest BCUT2D eigenvalue weighted by molar-refractivity contribution is -0.385. The van der Waals surface area contributed by atoms with Gasteiger partial charge >= 0.3 is 26.4 Å². The number of hydrogen-bond donors (Lipinski definition) is 0. The maximum Gasteiger partial charge on any atom is 0.324 e. The Morgan fingerprint density at radius 1 is 0.450 bits per heavy atom. The van der Waals surface area contributed by atoms with Crippen molar-refractivity contribution < 1.29 is 42.9 Å². The van der Waals surface area contributed by atoms with Crippen LogP contribution in [0.3, 0.4) is 0 Å². The van der Waals surface area contributed by atoms with Gasteiger partial charge in [0.1, 0.15) is 28.7 Å². The molecule has 6 aromatic carbocycles. The fraction of sp³-hybridized carbons (Fsp3) is 0.143. The molecule has 3 aliphatic heterocycles. The van der Waals surface area contributed by atoms with Crippen LogP contribution in [0.1, 0.15) is 16.7 Å². The van der Waals surface area contributed by atoms with Crippen LogP contribution >= 0.6 is 0 Å². The Morgan fingerprint density at radius 3 is 1.37 bits per heavy atom. The first-order valence-electron chi connectivity index (χ1n) is 18.9. The van der Waals surface area contributed by atoms with E-state index in [9.17, 15) is 30.3 Å². The van der Waals surface area contributed by atoms with Crippen LogP contribution in [0.25, 0.3) is 0 Å². The zero-order valence-electron chi connectivity index (χ0n) is 32.7. The number of fused-ring (bicyclic) bond motifs is 3. The van der Waals surface area contributed by atoms with Crippen LogP contribution in [-0.4, -0.2) is 35.5 Å². The number of non-ortho nitro benzene ring substituents is 2. The summed E-state index contributed by atoms with van der Waals surface area (Å²) in [5.41, 5.74) is 6.79. The highest BCUT2D eigenvalue weighted by atomic mass is 16.6. The van der Waals surface area contributed by atoms with Gasteiger partial charge in [0, 0.05) is 24.3 Å². The van der Waals surface area contributed by atoms with Crippen molar-refractivity contribution in [3.63, 3.8) is 0 Å². The molecule has 0 saturated heterocycles. The largest absolute Gasteiger partial charge is 0.457 e. The average Bonchev–Trinajstić information content (AvgIpc) is 3.93. The summed E-state index contributed by atoms with van der Waals surface area (Å²) in [6.45, 7) is 8.05. The van der Waals surface area contributed by atoms with Gasteiger partial charge in [-0.1, -0.05) is 56.9 Å². The second-order valence-electron chi connectivity index (χ2n) is 14.0. The van der Waals surface area contributed by atoms with Gasteiger partial charge in [0.2, 0.25) is 5.75 Å². The first kappa shape index (κ1) is 41.2. The van der Waals surface area contributed by atoms with Gasteiger partial charge in [-0.3, -0.25) is 30.3 Å². The summed E-state index contributed by atoms with van der Waals surface area (Å²) >= 11 is 0. The van der Waals surface area contributed by atoms with E-state index in [0.717, 1.165) is 27.6 Å². The molecule has 6 aromatic rings. The zero-order chi connectivity index (χ0) is 42.3. The third kappa shape index (κ3) is 9.81. The summed E-state index contributed by atoms with van der Waals surface area (Å²) in [5, 5.41) is 32.3. The molecule has 3 heterocycles. The SMILES string of the molecule is CB1OCc2cc(Oc3ccc([N+](=O)[O-])cc3)ccc21.CB1OCc2cc(Oc3cccc([N+](=O)[O-])c3)ccc21.CB1OCc2cc(Oc3ccccc3[N+](=O)[O-])ccc21. The number of hydrogen-bond acceptors (Lipinski definition) is 12. The van der Waals surface area contributed by atoms with Gasteiger partial charge in [-0.25, -0.2) is 0 Å². The molecular weight excluding hydrogens is 771 g/mol. The monoisotopic (exact) mass is 807 g/mol. The van der Waals surface area contributed by atoms with Gasteiger partial charge in [-0.2, -0.15) is 0 Å². The molecule has 18 heteroatoms. The lowest BCUT2D eigenvalue weighted by Gasteiger charge is -2.07. The summed E-state index contributed by atoms with van der Waals surface area (Å²) in [6, 6.07) is 35.7. The van der Waals surface area contributed by atoms with Crippen LogP contribution in [0.4, 0.5) is 17.1 Å². The summed E-state index contributed by atoms with van der Waals surface area (Å²) in [4.78, 5) is 30.9. The fourth-order valence-electron chi connectivity index (χ4n) is 6.81. The van der Waals surface area contributed by atoms with Gasteiger partial charge < -0.3 is 28.2 Å². The van der Waals surface area contributed by atoms with E-state index in [1.807, 2.05) is 69.0 Å². The fourth-order valence-corrected chi connectivity index (χ4v) is 6.81. The van der Waals surface area contributed by atoms with Gasteiger partial charge in [0.25, 0.3) is 11.4 Å². The van der Waals surface area contributed by atoms with Crippen LogP contribution in [0.5, 0.6) is 34.5 Å². The van der Waals surface area contributed by atoms with E-state index in [2.05, 4.69) is 0 Å². The molecule has 3 aliphatic rings. The second-order valence-corrected chi connectivity index (χ2v) is 14.0. The third-order valence-electron chi connectivity index (χ3n) is 9.96. The molecular formula is C42H36B3N3O12. The number of benzene rings is 6. The molecule has 0 unspecified atom stereocenters. The minimum Gasteiger partial charge on any atom is -0.457 e. The number of nitro benzene ring substituents is 3. The zero-order valence-corrected chi connectivity index (χ0v) is 32.7. The number of nitro groups is 3. The standard InChI is InChI=1S/3C14H12BNO4/c1-15-14-7-6-13(8-10(14)9-19-15)20-12-4-2-11(3-5-12)16(17)18;1-15-14-6-5-13(7-10(14)9-19-15)20-12-4-2-3-11(8-12)16(17)18;1-15-12-7-6-11(8-10(12)9-19-15)20-14-5-3-2-4-13(14)16(17)18/h3*2-8H,9H2,1H3. The third-order valence-corrected chi connectivity index (χ3v) is 9.96. The molecule has 60 heavy (non-hydrogen) atoms. The van der Waals surface area contributed by atoms with E-state index in [0.29, 0.717) is 48.6 Å². The van der Waals surface area contributed by atoms with E-state index >= 15 is 0 Å². The van der Waals surface area contributed by atoms with Gasteiger partial charge in [-0.05, 0) is 93.7 Å². The minimum absolute atomic E-state index is 0.0145. The Kier molecular flexibility index (Phi) is 12.5. The predicted molar refractivity (Wildman–Crippen MR) is 227 cm³/mol. The van der Waals surface area contributed by atoms with Crippen molar-refractivity contribution in [2.75, 3.05) is 0 Å². The molecule has 0 atom stereocenters. The molecule has 15 nitrogen and oxygen atoms in total. The first-order chi connectivity index (χ1) is 28.9. The summed E-state index contributed by atoms with van der Waals surface area (Å²) < 4.78 is 33.6. The van der Waals surface area contributed by atoms with Crippen molar-refractivity contribution in [2.45, 2.75) is 40.3 Å². The van der Waals surface area contributed by atoms with E-state index in [4.69, 9.17) is 28.2 Å². The topological polar surface area (TPSA) is 185 Å². The van der Waals surface area contributed by atoms with E-state index < -0.39 is 14.8 Å². The van der Waals surface area contributed by atoms with E-state index in [1.165, 1.54) is 35.8 Å². The normalized spacial score (nSPS) is 13.2. The van der Waals surface area contributed by atoms with Crippen LogP contribution < -0.4 is 30.6 Å². The quantitative estimate of drug-likeness (QED) is 0.0775. The molecule has 0 fully saturated rings. The molecule has 0 radical (unpaired) electrons. The maximum atomic E-state index is 10.9. The Bertz CT molecular complexity index is 2560. The molecule has 0 aliphatic carbocycles. The molecule has 0 amide bonds. The summed E-state index contributed by atoms with van der Waals surface area (Å²) in [5.74, 6) is 3.20. The van der Waals surface area contributed by atoms with Crippen molar-refractivity contribution in [3.05, 3.63) is 174 Å². The van der Waals surface area contributed by atoms with Gasteiger partial charge in [0.05, 0.1) is 40.7 Å². The second kappa shape index (κ2) is 18.3. The highest BCUT2D eigenvalue weighted by Gasteiger charge is 2.26. The highest BCUT2D eigenvalue weighted by Crippen LogP contribution is 2.32. The Balaban J connectivity index is 0.000000136. The van der Waals surface area contributed by atoms with E-state index in [-0.39, 0.29) is 43.6 Å². The lowest BCUT2D eigenvalue weighted by Crippen LogP contribution is -2.23. The Labute approximate surface area is 345 Å². The molecule has 9 rings (SSSR count). The number of rotatable bonds is 9. The van der Waals surface area contributed by atoms with Crippen LogP contribution in [0, 0.1) is 30.3 Å². The Morgan fingerprint density at radius 2 is 0.883 bits per heavy atom. The van der Waals surface area contributed by atoms with Crippen LogP contribution in [-0.2, 0) is 33.8 Å². The lowest BCUT2D eigenvalue weighted by atomic mass is 9.64. The van der Waals surface area contributed by atoms with Crippen molar-refractivity contribution in [3.8, 4) is 34.5 Å². The van der Waals surface area contributed by atoms with Crippen molar-refractivity contribution >= 4 is 54.2 Å². The van der Waals surface area contributed by atoms with Gasteiger partial charge in [-0.15, -0.1) is 0 Å². The maximum absolute atomic E-state index is 10.9. The van der Waals surface area contributed by atoms with Crippen LogP contribution in [0.15, 0.2) is 127 Å². The van der Waals surface area contributed by atoms with E-state index in [1.54, 1.807) is 48.5 Å². The Hall–Kier alpha value is -7.01. The number of nitrogens with zero attached hydrogens (tertiary/aromatic N) is 3. The molecule has 0 bridgehead atoms. The van der Waals surface area contributed by atoms with Crippen molar-refractivity contribution in [1.29, 1.82) is 0 Å². The predicted octanol–water partition coefficient (Wildman–Crippen LogP) is 8.24.